The lowest BCUT2D eigenvalue weighted by molar-refractivity contribution is -0.123. The molecule has 0 heterocycles. The summed E-state index contributed by atoms with van der Waals surface area (Å²) in [5.74, 6) is -1.15. The number of ether oxygens (including phenoxy) is 2. The van der Waals surface area contributed by atoms with E-state index in [0.29, 0.717) is 20.8 Å². The normalized spacial score (nSPS) is 9.96. The first-order valence-corrected chi connectivity index (χ1v) is 8.43. The molecule has 9 heteroatoms. The summed E-state index contributed by atoms with van der Waals surface area (Å²) in [6.07, 6.45) is 0. The third-order valence-corrected chi connectivity index (χ3v) is 3.99. The van der Waals surface area contributed by atoms with E-state index < -0.39 is 17.8 Å². The molecule has 0 saturated heterocycles. The van der Waals surface area contributed by atoms with Gasteiger partial charge in [0.1, 0.15) is 5.75 Å². The van der Waals surface area contributed by atoms with Crippen molar-refractivity contribution >= 4 is 45.3 Å². The zero-order valence-electron chi connectivity index (χ0n) is 13.5. The number of hydrazine groups is 1. The minimum absolute atomic E-state index is 0.263. The van der Waals surface area contributed by atoms with Crippen LogP contribution < -0.4 is 15.6 Å². The molecule has 0 saturated carbocycles. The summed E-state index contributed by atoms with van der Waals surface area (Å²) in [7, 11) is 1.27. The third-order valence-electron chi connectivity index (χ3n) is 3.14. The Morgan fingerprint density at radius 2 is 1.69 bits per heavy atom. The van der Waals surface area contributed by atoms with Crippen molar-refractivity contribution in [2.75, 3.05) is 13.7 Å². The SMILES string of the molecule is COC(=O)c1ccc(C(=O)NNC(=O)COc2ccc(Cl)cc2Br)cc1. The van der Waals surface area contributed by atoms with E-state index in [1.165, 1.54) is 31.4 Å². The molecule has 2 aromatic rings. The Morgan fingerprint density at radius 1 is 1.04 bits per heavy atom. The smallest absolute Gasteiger partial charge is 0.337 e. The van der Waals surface area contributed by atoms with Crippen LogP contribution in [-0.2, 0) is 9.53 Å². The van der Waals surface area contributed by atoms with Crippen molar-refractivity contribution < 1.29 is 23.9 Å². The maximum absolute atomic E-state index is 12.0. The first-order valence-electron chi connectivity index (χ1n) is 7.26. The van der Waals surface area contributed by atoms with Gasteiger partial charge in [0.15, 0.2) is 6.61 Å². The first-order chi connectivity index (χ1) is 12.4. The molecule has 0 bridgehead atoms. The van der Waals surface area contributed by atoms with E-state index in [2.05, 4.69) is 31.5 Å². The summed E-state index contributed by atoms with van der Waals surface area (Å²) in [5, 5.41) is 0.527. The fourth-order valence-corrected chi connectivity index (χ4v) is 2.64. The summed E-state index contributed by atoms with van der Waals surface area (Å²) in [5.41, 5.74) is 5.07. The number of esters is 1. The second-order valence-electron chi connectivity index (χ2n) is 4.93. The van der Waals surface area contributed by atoms with Crippen LogP contribution in [0.15, 0.2) is 46.9 Å². The van der Waals surface area contributed by atoms with Gasteiger partial charge in [-0.2, -0.15) is 0 Å². The zero-order chi connectivity index (χ0) is 19.1. The molecule has 2 N–H and O–H groups in total. The van der Waals surface area contributed by atoms with Crippen LogP contribution in [0.3, 0.4) is 0 Å². The van der Waals surface area contributed by atoms with Gasteiger partial charge in [-0.3, -0.25) is 20.4 Å². The highest BCUT2D eigenvalue weighted by atomic mass is 79.9. The topological polar surface area (TPSA) is 93.7 Å². The monoisotopic (exact) mass is 440 g/mol. The van der Waals surface area contributed by atoms with Gasteiger partial charge >= 0.3 is 5.97 Å². The first kappa shape index (κ1) is 19.7. The molecule has 136 valence electrons. The molecule has 7 nitrogen and oxygen atoms in total. The lowest BCUT2D eigenvalue weighted by Crippen LogP contribution is -2.43. The van der Waals surface area contributed by atoms with Gasteiger partial charge in [-0.1, -0.05) is 11.6 Å². The van der Waals surface area contributed by atoms with Gasteiger partial charge in [-0.25, -0.2) is 4.79 Å². The van der Waals surface area contributed by atoms with Gasteiger partial charge in [-0.15, -0.1) is 0 Å². The predicted octanol–water partition coefficient (Wildman–Crippen LogP) is 2.73. The summed E-state index contributed by atoms with van der Waals surface area (Å²) in [6.45, 7) is -0.304. The number of nitrogens with one attached hydrogen (secondary N) is 2. The molecule has 26 heavy (non-hydrogen) atoms. The van der Waals surface area contributed by atoms with Gasteiger partial charge < -0.3 is 9.47 Å². The lowest BCUT2D eigenvalue weighted by Gasteiger charge is -2.10. The van der Waals surface area contributed by atoms with Crippen molar-refractivity contribution in [1.82, 2.24) is 10.9 Å². The number of methoxy groups -OCH3 is 1. The molecule has 0 unspecified atom stereocenters. The van der Waals surface area contributed by atoms with E-state index in [4.69, 9.17) is 16.3 Å². The number of hydrogen-bond acceptors (Lipinski definition) is 5. The van der Waals surface area contributed by atoms with Gasteiger partial charge in [-0.05, 0) is 58.4 Å². The molecule has 0 aliphatic heterocycles. The van der Waals surface area contributed by atoms with Gasteiger partial charge in [0.25, 0.3) is 11.8 Å². The Hall–Kier alpha value is -2.58. The van der Waals surface area contributed by atoms with E-state index in [-0.39, 0.29) is 12.2 Å². The number of halogens is 2. The highest BCUT2D eigenvalue weighted by Crippen LogP contribution is 2.27. The van der Waals surface area contributed by atoms with Gasteiger partial charge in [0.05, 0.1) is 17.1 Å². The molecule has 2 amide bonds. The predicted molar refractivity (Wildman–Crippen MR) is 98.0 cm³/mol. The average molecular weight is 442 g/mol. The molecular formula is C17H14BrClN2O5. The maximum Gasteiger partial charge on any atom is 0.337 e. The molecule has 0 atom stereocenters. The highest BCUT2D eigenvalue weighted by Gasteiger charge is 2.11. The molecule has 2 rings (SSSR count). The van der Waals surface area contributed by atoms with Crippen molar-refractivity contribution in [1.29, 1.82) is 0 Å². The average Bonchev–Trinajstić information content (AvgIpc) is 2.64. The van der Waals surface area contributed by atoms with Crippen LogP contribution in [-0.4, -0.2) is 31.5 Å². The van der Waals surface area contributed by atoms with Crippen LogP contribution in [0.2, 0.25) is 5.02 Å². The summed E-state index contributed by atoms with van der Waals surface area (Å²) >= 11 is 9.09. The Labute approximate surface area is 162 Å². The van der Waals surface area contributed by atoms with E-state index in [1.807, 2.05) is 0 Å². The van der Waals surface area contributed by atoms with Crippen LogP contribution >= 0.6 is 27.5 Å². The second kappa shape index (κ2) is 9.21. The van der Waals surface area contributed by atoms with Gasteiger partial charge in [0.2, 0.25) is 0 Å². The molecule has 0 aromatic heterocycles. The third kappa shape index (κ3) is 5.47. The molecule has 0 fully saturated rings. The van der Waals surface area contributed by atoms with Crippen LogP contribution in [0.25, 0.3) is 0 Å². The summed E-state index contributed by atoms with van der Waals surface area (Å²) in [4.78, 5) is 35.1. The number of benzene rings is 2. The Balaban J connectivity index is 1.82. The minimum atomic E-state index is -0.550. The van der Waals surface area contributed by atoms with Crippen molar-refractivity contribution in [3.05, 3.63) is 63.1 Å². The van der Waals surface area contributed by atoms with E-state index >= 15 is 0 Å². The fourth-order valence-electron chi connectivity index (χ4n) is 1.85. The second-order valence-corrected chi connectivity index (χ2v) is 6.23. The maximum atomic E-state index is 12.0. The minimum Gasteiger partial charge on any atom is -0.483 e. The largest absolute Gasteiger partial charge is 0.483 e. The quantitative estimate of drug-likeness (QED) is 0.550. The summed E-state index contributed by atoms with van der Waals surface area (Å²) in [6, 6.07) is 10.6. The zero-order valence-corrected chi connectivity index (χ0v) is 15.9. The molecule has 0 radical (unpaired) electrons. The van der Waals surface area contributed by atoms with E-state index in [9.17, 15) is 14.4 Å². The number of hydrogen-bond donors (Lipinski definition) is 2. The van der Waals surface area contributed by atoms with Crippen LogP contribution in [0, 0.1) is 0 Å². The molecule has 2 aromatic carbocycles. The number of amides is 2. The molecular weight excluding hydrogens is 428 g/mol. The van der Waals surface area contributed by atoms with Crippen LogP contribution in [0.4, 0.5) is 0 Å². The van der Waals surface area contributed by atoms with Crippen molar-refractivity contribution in [2.45, 2.75) is 0 Å². The van der Waals surface area contributed by atoms with Crippen LogP contribution in [0.1, 0.15) is 20.7 Å². The fraction of sp³-hybridized carbons (Fsp3) is 0.118. The van der Waals surface area contributed by atoms with E-state index in [1.54, 1.807) is 18.2 Å². The standard InChI is InChI=1S/C17H14BrClN2O5/c1-25-17(24)11-4-2-10(3-5-11)16(23)21-20-15(22)9-26-14-7-6-12(19)8-13(14)18/h2-8H,9H2,1H3,(H,20,22)(H,21,23). The van der Waals surface area contributed by atoms with E-state index in [0.717, 1.165) is 0 Å². The Kier molecular flexibility index (Phi) is 6.99. The molecule has 0 spiro atoms. The number of carbonyl (C=O) groups is 3. The Morgan fingerprint density at radius 3 is 2.31 bits per heavy atom. The van der Waals surface area contributed by atoms with Crippen molar-refractivity contribution in [3.8, 4) is 5.75 Å². The van der Waals surface area contributed by atoms with Crippen LogP contribution in [0.5, 0.6) is 5.75 Å². The number of rotatable bonds is 5. The molecule has 0 aliphatic carbocycles. The Bertz CT molecular complexity index is 826. The highest BCUT2D eigenvalue weighted by molar-refractivity contribution is 9.10. The van der Waals surface area contributed by atoms with Crippen molar-refractivity contribution in [2.24, 2.45) is 0 Å². The lowest BCUT2D eigenvalue weighted by atomic mass is 10.1. The van der Waals surface area contributed by atoms with Crippen molar-refractivity contribution in [3.63, 3.8) is 0 Å². The molecule has 0 aliphatic rings. The van der Waals surface area contributed by atoms with Gasteiger partial charge in [0, 0.05) is 10.6 Å². The number of carbonyl (C=O) groups excluding carboxylic acids is 3. The summed E-state index contributed by atoms with van der Waals surface area (Å²) < 4.78 is 10.5.